The van der Waals surface area contributed by atoms with Gasteiger partial charge in [-0.05, 0) is 31.2 Å². The summed E-state index contributed by atoms with van der Waals surface area (Å²) in [5, 5.41) is 23.1. The highest BCUT2D eigenvalue weighted by Gasteiger charge is 2.32. The largest absolute Gasteiger partial charge is 0.465 e. The van der Waals surface area contributed by atoms with Gasteiger partial charge in [-0.3, -0.25) is 9.36 Å². The van der Waals surface area contributed by atoms with Gasteiger partial charge in [0.1, 0.15) is 24.2 Å². The lowest BCUT2D eigenvalue weighted by atomic mass is 9.92. The van der Waals surface area contributed by atoms with Gasteiger partial charge >= 0.3 is 12.2 Å². The number of hydrogen-bond donors (Lipinski definition) is 3. The molecule has 3 rings (SSSR count). The molecule has 0 aromatic carbocycles. The number of hydrogen-bond acceptors (Lipinski definition) is 8. The number of likely N-dealkylation sites (N-methyl/N-ethyl adjacent to an activating group) is 1. The monoisotopic (exact) mass is 500 g/mol. The van der Waals surface area contributed by atoms with Crippen molar-refractivity contribution in [3.8, 4) is 6.07 Å². The Kier molecular flexibility index (Phi) is 9.26. The number of aromatic nitrogens is 3. The summed E-state index contributed by atoms with van der Waals surface area (Å²) in [4.78, 5) is 47.3. The van der Waals surface area contributed by atoms with Crippen LogP contribution in [0.1, 0.15) is 32.6 Å². The fourth-order valence-electron chi connectivity index (χ4n) is 4.31. The number of carbonyl (C=O) groups excluding carboxylic acids is 2. The van der Waals surface area contributed by atoms with Crippen LogP contribution in [0.4, 0.5) is 15.4 Å². The van der Waals surface area contributed by atoms with Crippen LogP contribution in [0.3, 0.4) is 0 Å². The number of carbonyl (C=O) groups is 3. The molecule has 0 radical (unpaired) electrons. The van der Waals surface area contributed by atoms with Gasteiger partial charge in [0.2, 0.25) is 5.91 Å². The minimum absolute atomic E-state index is 0.0237. The number of rotatable bonds is 10. The van der Waals surface area contributed by atoms with E-state index in [9.17, 15) is 14.4 Å². The third-order valence-corrected chi connectivity index (χ3v) is 6.35. The van der Waals surface area contributed by atoms with Crippen molar-refractivity contribution >= 4 is 34.9 Å². The molecule has 1 fully saturated rings. The van der Waals surface area contributed by atoms with Crippen LogP contribution in [0.15, 0.2) is 18.6 Å². The lowest BCUT2D eigenvalue weighted by molar-refractivity contribution is -0.131. The van der Waals surface area contributed by atoms with Crippen LogP contribution >= 0.6 is 0 Å². The zero-order chi connectivity index (χ0) is 26.1. The second-order valence-electron chi connectivity index (χ2n) is 8.77. The molecule has 3 heterocycles. The summed E-state index contributed by atoms with van der Waals surface area (Å²) >= 11 is 0. The molecule has 1 saturated heterocycles. The molecule has 1 aliphatic rings. The first-order chi connectivity index (χ1) is 17.3. The fourth-order valence-corrected chi connectivity index (χ4v) is 4.31. The van der Waals surface area contributed by atoms with Crippen molar-refractivity contribution < 1.29 is 24.2 Å². The number of piperidine rings is 1. The van der Waals surface area contributed by atoms with Crippen molar-refractivity contribution in [3.63, 3.8) is 0 Å². The van der Waals surface area contributed by atoms with Crippen molar-refractivity contribution in [1.29, 1.82) is 5.26 Å². The van der Waals surface area contributed by atoms with Crippen LogP contribution in [0, 0.1) is 17.2 Å². The summed E-state index contributed by atoms with van der Waals surface area (Å²) < 4.78 is 7.00. The standard InChI is InChI=1S/C23H32N8O5/c1-16-6-11-30(19(32)5-8-24)13-18(16)29(2)20-17-7-12-31(21(17)28-14-27-20)15-36-23(35)26-10-4-3-9-25-22(33)34/h7,12,14,16,18,25H,3-6,9-11,13,15H2,1-2H3,(H,26,35)(H,33,34)/t16-,18+/m1/s1. The van der Waals surface area contributed by atoms with E-state index in [1.54, 1.807) is 15.7 Å². The van der Waals surface area contributed by atoms with Gasteiger partial charge in [0.15, 0.2) is 6.73 Å². The van der Waals surface area contributed by atoms with Crippen molar-refractivity contribution in [3.05, 3.63) is 18.6 Å². The molecule has 0 saturated carbocycles. The Hall–Kier alpha value is -4.08. The highest BCUT2D eigenvalue weighted by Crippen LogP contribution is 2.29. The smallest absolute Gasteiger partial charge is 0.408 e. The number of ether oxygens (including phenoxy) is 1. The zero-order valence-corrected chi connectivity index (χ0v) is 20.5. The van der Waals surface area contributed by atoms with E-state index in [4.69, 9.17) is 15.1 Å². The topological polar surface area (TPSA) is 166 Å². The van der Waals surface area contributed by atoms with Crippen LogP contribution in [0.2, 0.25) is 0 Å². The number of alkyl carbamates (subject to hydrolysis) is 1. The highest BCUT2D eigenvalue weighted by atomic mass is 16.6. The Morgan fingerprint density at radius 3 is 2.75 bits per heavy atom. The summed E-state index contributed by atoms with van der Waals surface area (Å²) in [5.41, 5.74) is 0.611. The summed E-state index contributed by atoms with van der Waals surface area (Å²) in [6.45, 7) is 3.96. The Morgan fingerprint density at radius 1 is 1.28 bits per heavy atom. The van der Waals surface area contributed by atoms with E-state index in [1.807, 2.05) is 19.2 Å². The van der Waals surface area contributed by atoms with Gasteiger partial charge in [-0.1, -0.05) is 6.92 Å². The zero-order valence-electron chi connectivity index (χ0n) is 20.5. The van der Waals surface area contributed by atoms with Gasteiger partial charge < -0.3 is 30.3 Å². The predicted molar refractivity (Wildman–Crippen MR) is 130 cm³/mol. The number of unbranched alkanes of at least 4 members (excludes halogenated alkanes) is 1. The number of carboxylic acid groups (broad SMARTS) is 1. The van der Waals surface area contributed by atoms with E-state index >= 15 is 0 Å². The number of likely N-dealkylation sites (tertiary alicyclic amines) is 1. The molecule has 2 aromatic heterocycles. The van der Waals surface area contributed by atoms with E-state index in [0.29, 0.717) is 56.4 Å². The van der Waals surface area contributed by atoms with Crippen LogP contribution in [0.5, 0.6) is 0 Å². The SMILES string of the molecule is C[C@@H]1CCN(C(=O)CC#N)C[C@@H]1N(C)c1ncnc2c1ccn2COC(=O)NCCCCNC(=O)O. The molecule has 2 aromatic rings. The number of nitriles is 1. The molecular formula is C23H32N8O5. The van der Waals surface area contributed by atoms with Crippen LogP contribution in [-0.4, -0.2) is 81.9 Å². The third kappa shape index (κ3) is 6.74. The summed E-state index contributed by atoms with van der Waals surface area (Å²) in [5.74, 6) is 0.874. The van der Waals surface area contributed by atoms with E-state index < -0.39 is 12.2 Å². The Morgan fingerprint density at radius 2 is 2.03 bits per heavy atom. The van der Waals surface area contributed by atoms with Gasteiger partial charge in [0.05, 0.1) is 17.5 Å². The lowest BCUT2D eigenvalue weighted by Crippen LogP contribution is -2.52. The molecule has 3 N–H and O–H groups in total. The van der Waals surface area contributed by atoms with Gasteiger partial charge in [-0.15, -0.1) is 0 Å². The summed E-state index contributed by atoms with van der Waals surface area (Å²) in [6, 6.07) is 3.82. The summed E-state index contributed by atoms with van der Waals surface area (Å²) in [7, 11) is 1.94. The molecule has 0 spiro atoms. The molecule has 0 unspecified atom stereocenters. The minimum atomic E-state index is -1.07. The molecule has 13 nitrogen and oxygen atoms in total. The Bertz CT molecular complexity index is 1110. The molecule has 1 aliphatic heterocycles. The predicted octanol–water partition coefficient (Wildman–Crippen LogP) is 1.75. The average Bonchev–Trinajstić information content (AvgIpc) is 3.28. The molecule has 194 valence electrons. The Balaban J connectivity index is 1.59. The molecule has 0 bridgehead atoms. The number of amides is 3. The molecule has 0 aliphatic carbocycles. The lowest BCUT2D eigenvalue weighted by Gasteiger charge is -2.42. The number of fused-ring (bicyclic) bond motifs is 1. The van der Waals surface area contributed by atoms with Crippen LogP contribution in [-0.2, 0) is 16.3 Å². The Labute approximate surface area is 209 Å². The first-order valence-corrected chi connectivity index (χ1v) is 11.9. The van der Waals surface area contributed by atoms with Crippen molar-refractivity contribution in [1.82, 2.24) is 30.1 Å². The molecule has 2 atom stereocenters. The molecule has 13 heteroatoms. The minimum Gasteiger partial charge on any atom is -0.465 e. The maximum absolute atomic E-state index is 12.3. The highest BCUT2D eigenvalue weighted by molar-refractivity contribution is 5.88. The van der Waals surface area contributed by atoms with E-state index in [1.165, 1.54) is 6.33 Å². The maximum atomic E-state index is 12.3. The van der Waals surface area contributed by atoms with Crippen LogP contribution < -0.4 is 15.5 Å². The first kappa shape index (κ1) is 26.5. The normalized spacial score (nSPS) is 17.3. The maximum Gasteiger partial charge on any atom is 0.408 e. The van der Waals surface area contributed by atoms with Gasteiger partial charge in [-0.25, -0.2) is 19.6 Å². The number of anilines is 1. The quantitative estimate of drug-likeness (QED) is 0.412. The van der Waals surface area contributed by atoms with Gasteiger partial charge in [-0.2, -0.15) is 5.26 Å². The van der Waals surface area contributed by atoms with Crippen LogP contribution in [0.25, 0.3) is 11.0 Å². The second-order valence-corrected chi connectivity index (χ2v) is 8.77. The van der Waals surface area contributed by atoms with E-state index in [-0.39, 0.29) is 25.1 Å². The third-order valence-electron chi connectivity index (χ3n) is 6.35. The van der Waals surface area contributed by atoms with Crippen molar-refractivity contribution in [2.75, 3.05) is 38.1 Å². The number of nitrogens with one attached hydrogen (secondary N) is 2. The summed E-state index contributed by atoms with van der Waals surface area (Å²) in [6.07, 6.45) is 3.52. The van der Waals surface area contributed by atoms with Crippen molar-refractivity contribution in [2.45, 2.75) is 45.4 Å². The molecular weight excluding hydrogens is 468 g/mol. The number of nitrogens with zero attached hydrogens (tertiary/aromatic N) is 6. The average molecular weight is 501 g/mol. The first-order valence-electron chi connectivity index (χ1n) is 11.9. The van der Waals surface area contributed by atoms with E-state index in [2.05, 4.69) is 32.4 Å². The van der Waals surface area contributed by atoms with E-state index in [0.717, 1.165) is 11.8 Å². The second kappa shape index (κ2) is 12.6. The molecule has 3 amide bonds. The van der Waals surface area contributed by atoms with Gasteiger partial charge in [0, 0.05) is 39.4 Å². The fraction of sp³-hybridized carbons (Fsp3) is 0.565. The molecule has 36 heavy (non-hydrogen) atoms. The van der Waals surface area contributed by atoms with Gasteiger partial charge in [0.25, 0.3) is 0 Å². The van der Waals surface area contributed by atoms with Crippen molar-refractivity contribution in [2.24, 2.45) is 5.92 Å².